The molecule has 0 fully saturated rings. The van der Waals surface area contributed by atoms with Crippen molar-refractivity contribution in [1.29, 1.82) is 0 Å². The number of halogens is 1. The number of carbonyl (C=O) groups excluding carboxylic acids is 1. The van der Waals surface area contributed by atoms with Crippen LogP contribution in [0.15, 0.2) is 16.7 Å². The SMILES string of the molecule is CNc1ncc(Br)cc1C(=O)NCCCCCSC. The van der Waals surface area contributed by atoms with E-state index in [-0.39, 0.29) is 5.91 Å². The van der Waals surface area contributed by atoms with E-state index in [1.54, 1.807) is 19.3 Å². The first kappa shape index (κ1) is 16.3. The van der Waals surface area contributed by atoms with Crippen LogP contribution in [0.3, 0.4) is 0 Å². The van der Waals surface area contributed by atoms with Crippen molar-refractivity contribution >= 4 is 39.4 Å². The molecule has 0 aromatic carbocycles. The van der Waals surface area contributed by atoms with Crippen LogP contribution in [-0.4, -0.2) is 36.5 Å². The summed E-state index contributed by atoms with van der Waals surface area (Å²) in [6.45, 7) is 0.711. The number of pyridine rings is 1. The number of amides is 1. The first-order chi connectivity index (χ1) is 9.19. The molecule has 0 bridgehead atoms. The molecule has 6 heteroatoms. The van der Waals surface area contributed by atoms with Crippen LogP contribution >= 0.6 is 27.7 Å². The highest BCUT2D eigenvalue weighted by atomic mass is 79.9. The summed E-state index contributed by atoms with van der Waals surface area (Å²) in [5.74, 6) is 1.71. The Balaban J connectivity index is 2.43. The Hall–Kier alpha value is -0.750. The van der Waals surface area contributed by atoms with Crippen LogP contribution in [0.2, 0.25) is 0 Å². The average molecular weight is 346 g/mol. The van der Waals surface area contributed by atoms with Gasteiger partial charge in [-0.1, -0.05) is 6.42 Å². The lowest BCUT2D eigenvalue weighted by molar-refractivity contribution is 0.0953. The molecule has 0 aliphatic heterocycles. The van der Waals surface area contributed by atoms with E-state index in [0.29, 0.717) is 17.9 Å². The third kappa shape index (κ3) is 5.82. The molecule has 4 nitrogen and oxygen atoms in total. The summed E-state index contributed by atoms with van der Waals surface area (Å²) in [4.78, 5) is 16.2. The third-order valence-electron chi connectivity index (χ3n) is 2.65. The number of nitrogens with zero attached hydrogens (tertiary/aromatic N) is 1. The minimum atomic E-state index is -0.0805. The molecule has 1 amide bonds. The number of hydrogen-bond acceptors (Lipinski definition) is 4. The van der Waals surface area contributed by atoms with Crippen molar-refractivity contribution in [2.24, 2.45) is 0 Å². The Morgan fingerprint density at radius 2 is 2.21 bits per heavy atom. The molecule has 1 aromatic rings. The molecule has 0 unspecified atom stereocenters. The van der Waals surface area contributed by atoms with E-state index in [1.807, 2.05) is 11.8 Å². The van der Waals surface area contributed by atoms with E-state index >= 15 is 0 Å². The fourth-order valence-corrected chi connectivity index (χ4v) is 2.48. The predicted molar refractivity (Wildman–Crippen MR) is 86.0 cm³/mol. The lowest BCUT2D eigenvalue weighted by atomic mass is 10.2. The summed E-state index contributed by atoms with van der Waals surface area (Å²) >= 11 is 5.19. The van der Waals surface area contributed by atoms with Gasteiger partial charge in [0.25, 0.3) is 5.91 Å². The van der Waals surface area contributed by atoms with Crippen molar-refractivity contribution in [3.05, 3.63) is 22.3 Å². The van der Waals surface area contributed by atoms with Gasteiger partial charge < -0.3 is 10.6 Å². The fraction of sp³-hybridized carbons (Fsp3) is 0.538. The summed E-state index contributed by atoms with van der Waals surface area (Å²) in [6, 6.07) is 1.78. The van der Waals surface area contributed by atoms with Gasteiger partial charge in [-0.15, -0.1) is 0 Å². The minimum Gasteiger partial charge on any atom is -0.372 e. The molecule has 0 spiro atoms. The summed E-state index contributed by atoms with van der Waals surface area (Å²) in [7, 11) is 1.76. The average Bonchev–Trinajstić information content (AvgIpc) is 2.42. The highest BCUT2D eigenvalue weighted by Gasteiger charge is 2.11. The van der Waals surface area contributed by atoms with Crippen molar-refractivity contribution in [2.75, 3.05) is 30.9 Å². The maximum Gasteiger partial charge on any atom is 0.255 e. The van der Waals surface area contributed by atoms with E-state index in [2.05, 4.69) is 37.8 Å². The maximum absolute atomic E-state index is 12.0. The van der Waals surface area contributed by atoms with Crippen molar-refractivity contribution in [1.82, 2.24) is 10.3 Å². The van der Waals surface area contributed by atoms with Gasteiger partial charge in [-0.05, 0) is 46.8 Å². The van der Waals surface area contributed by atoms with E-state index in [4.69, 9.17) is 0 Å². The number of nitrogens with one attached hydrogen (secondary N) is 2. The largest absolute Gasteiger partial charge is 0.372 e. The van der Waals surface area contributed by atoms with Crippen molar-refractivity contribution in [3.8, 4) is 0 Å². The first-order valence-corrected chi connectivity index (χ1v) is 8.48. The van der Waals surface area contributed by atoms with Gasteiger partial charge in [-0.25, -0.2) is 4.98 Å². The topological polar surface area (TPSA) is 54.0 Å². The molecule has 0 aliphatic rings. The third-order valence-corrected chi connectivity index (χ3v) is 3.78. The molecule has 2 N–H and O–H groups in total. The van der Waals surface area contributed by atoms with Crippen molar-refractivity contribution in [3.63, 3.8) is 0 Å². The molecular weight excluding hydrogens is 326 g/mol. The Bertz CT molecular complexity index is 415. The normalized spacial score (nSPS) is 10.3. The minimum absolute atomic E-state index is 0.0805. The summed E-state index contributed by atoms with van der Waals surface area (Å²) in [5.41, 5.74) is 0.570. The van der Waals surface area contributed by atoms with Gasteiger partial charge >= 0.3 is 0 Å². The quantitative estimate of drug-likeness (QED) is 0.710. The number of hydrogen-bond donors (Lipinski definition) is 2. The van der Waals surface area contributed by atoms with Crippen LogP contribution in [-0.2, 0) is 0 Å². The molecular formula is C13H20BrN3OS. The number of aromatic nitrogens is 1. The van der Waals surface area contributed by atoms with Gasteiger partial charge in [0.1, 0.15) is 5.82 Å². The van der Waals surface area contributed by atoms with Gasteiger partial charge in [0.2, 0.25) is 0 Å². The molecule has 1 rings (SSSR count). The number of unbranched alkanes of at least 4 members (excludes halogenated alkanes) is 2. The highest BCUT2D eigenvalue weighted by molar-refractivity contribution is 9.10. The molecule has 19 heavy (non-hydrogen) atoms. The second-order valence-electron chi connectivity index (χ2n) is 4.11. The molecule has 0 saturated heterocycles. The van der Waals surface area contributed by atoms with Gasteiger partial charge in [0.05, 0.1) is 5.56 Å². The van der Waals surface area contributed by atoms with Gasteiger partial charge in [0.15, 0.2) is 0 Å². The molecule has 0 atom stereocenters. The maximum atomic E-state index is 12.0. The van der Waals surface area contributed by atoms with E-state index < -0.39 is 0 Å². The second-order valence-corrected chi connectivity index (χ2v) is 6.01. The Labute approximate surface area is 127 Å². The van der Waals surface area contributed by atoms with Crippen LogP contribution in [0.1, 0.15) is 29.6 Å². The van der Waals surface area contributed by atoms with Crippen LogP contribution in [0, 0.1) is 0 Å². The van der Waals surface area contributed by atoms with Crippen LogP contribution in [0.5, 0.6) is 0 Å². The molecule has 0 saturated carbocycles. The number of anilines is 1. The van der Waals surface area contributed by atoms with Gasteiger partial charge in [-0.3, -0.25) is 4.79 Å². The highest BCUT2D eigenvalue weighted by Crippen LogP contribution is 2.17. The summed E-state index contributed by atoms with van der Waals surface area (Å²) in [6.07, 6.45) is 7.16. The number of thioether (sulfide) groups is 1. The molecule has 0 aliphatic carbocycles. The Morgan fingerprint density at radius 3 is 2.89 bits per heavy atom. The summed E-state index contributed by atoms with van der Waals surface area (Å²) in [5, 5.41) is 5.86. The zero-order valence-electron chi connectivity index (χ0n) is 11.3. The number of rotatable bonds is 8. The summed E-state index contributed by atoms with van der Waals surface area (Å²) < 4.78 is 0.802. The predicted octanol–water partition coefficient (Wildman–Crippen LogP) is 3.15. The van der Waals surface area contributed by atoms with Crippen molar-refractivity contribution < 1.29 is 4.79 Å². The fourth-order valence-electron chi connectivity index (χ4n) is 1.66. The molecule has 1 heterocycles. The Morgan fingerprint density at radius 1 is 1.42 bits per heavy atom. The van der Waals surface area contributed by atoms with Crippen LogP contribution < -0.4 is 10.6 Å². The molecule has 0 radical (unpaired) electrons. The van der Waals surface area contributed by atoms with Gasteiger partial charge in [0, 0.05) is 24.3 Å². The smallest absolute Gasteiger partial charge is 0.255 e. The van der Waals surface area contributed by atoms with Crippen LogP contribution in [0.25, 0.3) is 0 Å². The molecule has 106 valence electrons. The molecule has 1 aromatic heterocycles. The van der Waals surface area contributed by atoms with Crippen LogP contribution in [0.4, 0.5) is 5.82 Å². The zero-order valence-corrected chi connectivity index (χ0v) is 13.7. The zero-order chi connectivity index (χ0) is 14.1. The monoisotopic (exact) mass is 345 g/mol. The second kappa shape index (κ2) is 9.20. The first-order valence-electron chi connectivity index (χ1n) is 6.29. The Kier molecular flexibility index (Phi) is 7.90. The van der Waals surface area contributed by atoms with Gasteiger partial charge in [-0.2, -0.15) is 11.8 Å². The van der Waals surface area contributed by atoms with E-state index in [0.717, 1.165) is 17.3 Å². The van der Waals surface area contributed by atoms with Crippen molar-refractivity contribution in [2.45, 2.75) is 19.3 Å². The lowest BCUT2D eigenvalue weighted by Crippen LogP contribution is -2.25. The lowest BCUT2D eigenvalue weighted by Gasteiger charge is -2.09. The van der Waals surface area contributed by atoms with E-state index in [1.165, 1.54) is 12.2 Å². The van der Waals surface area contributed by atoms with E-state index in [9.17, 15) is 4.79 Å². The number of carbonyl (C=O) groups is 1. The standard InChI is InChI=1S/C13H20BrN3OS/c1-15-12-11(8-10(14)9-17-12)13(18)16-6-4-3-5-7-19-2/h8-9H,3-7H2,1-2H3,(H,15,17)(H,16,18).